The number of H-pyrrole nitrogens is 1. The molecule has 0 bridgehead atoms. The van der Waals surface area contributed by atoms with E-state index in [1.54, 1.807) is 11.8 Å². The Morgan fingerprint density at radius 2 is 1.87 bits per heavy atom. The van der Waals surface area contributed by atoms with Crippen LogP contribution in [0.15, 0.2) is 41.3 Å². The Hall–Kier alpha value is -2.36. The van der Waals surface area contributed by atoms with E-state index in [0.29, 0.717) is 13.1 Å². The van der Waals surface area contributed by atoms with Crippen LogP contribution in [0, 0.1) is 13.8 Å². The number of hydrogen-bond acceptors (Lipinski definition) is 2. The third-order valence-corrected chi connectivity index (χ3v) is 3.85. The summed E-state index contributed by atoms with van der Waals surface area (Å²) in [7, 11) is 0. The summed E-state index contributed by atoms with van der Waals surface area (Å²) < 4.78 is 0. The van der Waals surface area contributed by atoms with Crippen LogP contribution in [-0.4, -0.2) is 22.3 Å². The Bertz CT molecular complexity index is 717. The van der Waals surface area contributed by atoms with Gasteiger partial charge in [0.05, 0.1) is 0 Å². The quantitative estimate of drug-likeness (QED) is 0.888. The van der Waals surface area contributed by atoms with Gasteiger partial charge in [-0.2, -0.15) is 0 Å². The molecular formula is C19H24N2O2. The number of aromatic nitrogens is 1. The van der Waals surface area contributed by atoms with E-state index in [4.69, 9.17) is 0 Å². The van der Waals surface area contributed by atoms with Crippen molar-refractivity contribution >= 4 is 5.91 Å². The first kappa shape index (κ1) is 17.0. The summed E-state index contributed by atoms with van der Waals surface area (Å²) >= 11 is 0. The molecule has 0 radical (unpaired) electrons. The summed E-state index contributed by atoms with van der Waals surface area (Å²) in [5.41, 5.74) is 3.00. The first-order valence-electron chi connectivity index (χ1n) is 8.05. The minimum absolute atomic E-state index is 0.207. The van der Waals surface area contributed by atoms with Crippen molar-refractivity contribution in [2.24, 2.45) is 0 Å². The summed E-state index contributed by atoms with van der Waals surface area (Å²) in [6.45, 7) is 7.10. The van der Waals surface area contributed by atoms with E-state index in [0.717, 1.165) is 24.1 Å². The summed E-state index contributed by atoms with van der Waals surface area (Å²) in [4.78, 5) is 29.6. The van der Waals surface area contributed by atoms with Crippen molar-refractivity contribution in [1.82, 2.24) is 9.88 Å². The molecule has 4 heteroatoms. The van der Waals surface area contributed by atoms with Gasteiger partial charge in [0.15, 0.2) is 5.43 Å². The predicted molar refractivity (Wildman–Crippen MR) is 92.6 cm³/mol. The SMILES string of the molecule is CCCCN(Cc1ccc(C)cc1)C(=O)c1c[nH]c(C)cc1=O. The van der Waals surface area contributed by atoms with Crippen molar-refractivity contribution < 1.29 is 4.79 Å². The van der Waals surface area contributed by atoms with Crippen molar-refractivity contribution in [3.05, 3.63) is 69.1 Å². The molecule has 1 aromatic heterocycles. The normalized spacial score (nSPS) is 10.6. The van der Waals surface area contributed by atoms with Gasteiger partial charge in [-0.05, 0) is 25.8 Å². The van der Waals surface area contributed by atoms with Crippen LogP contribution in [0.2, 0.25) is 0 Å². The number of unbranched alkanes of at least 4 members (excludes halogenated alkanes) is 1. The highest BCUT2D eigenvalue weighted by Gasteiger charge is 2.18. The van der Waals surface area contributed by atoms with Crippen LogP contribution in [0.25, 0.3) is 0 Å². The number of aryl methyl sites for hydroxylation is 2. The molecule has 0 saturated heterocycles. The molecule has 1 N–H and O–H groups in total. The maximum atomic E-state index is 12.8. The lowest BCUT2D eigenvalue weighted by Crippen LogP contribution is -2.34. The molecule has 0 unspecified atom stereocenters. The fourth-order valence-corrected chi connectivity index (χ4v) is 2.43. The Labute approximate surface area is 137 Å². The van der Waals surface area contributed by atoms with Crippen LogP contribution >= 0.6 is 0 Å². The molecule has 23 heavy (non-hydrogen) atoms. The van der Waals surface area contributed by atoms with Crippen LogP contribution in [0.5, 0.6) is 0 Å². The molecule has 2 aromatic rings. The minimum Gasteiger partial charge on any atom is -0.364 e. The van der Waals surface area contributed by atoms with Gasteiger partial charge in [-0.1, -0.05) is 43.2 Å². The van der Waals surface area contributed by atoms with Crippen LogP contribution in [0.1, 0.15) is 46.9 Å². The largest absolute Gasteiger partial charge is 0.364 e. The molecule has 0 aliphatic rings. The Balaban J connectivity index is 2.24. The average Bonchev–Trinajstić information content (AvgIpc) is 2.52. The minimum atomic E-state index is -0.225. The van der Waals surface area contributed by atoms with Crippen molar-refractivity contribution in [3.63, 3.8) is 0 Å². The van der Waals surface area contributed by atoms with E-state index in [1.807, 2.05) is 31.2 Å². The van der Waals surface area contributed by atoms with Gasteiger partial charge >= 0.3 is 0 Å². The molecule has 1 amide bonds. The van der Waals surface area contributed by atoms with Crippen LogP contribution in [0.3, 0.4) is 0 Å². The molecule has 2 rings (SSSR count). The van der Waals surface area contributed by atoms with Crippen LogP contribution < -0.4 is 5.43 Å². The molecule has 1 aromatic carbocycles. The fraction of sp³-hybridized carbons (Fsp3) is 0.368. The van der Waals surface area contributed by atoms with E-state index < -0.39 is 0 Å². The van der Waals surface area contributed by atoms with Crippen molar-refractivity contribution in [2.45, 2.75) is 40.2 Å². The topological polar surface area (TPSA) is 53.2 Å². The zero-order chi connectivity index (χ0) is 16.8. The second-order valence-electron chi connectivity index (χ2n) is 5.96. The highest BCUT2D eigenvalue weighted by molar-refractivity contribution is 5.93. The van der Waals surface area contributed by atoms with Crippen LogP contribution in [0.4, 0.5) is 0 Å². The van der Waals surface area contributed by atoms with Gasteiger partial charge in [0.25, 0.3) is 5.91 Å². The molecule has 0 aliphatic heterocycles. The van der Waals surface area contributed by atoms with Gasteiger partial charge in [0.1, 0.15) is 5.56 Å². The standard InChI is InChI=1S/C19H24N2O2/c1-4-5-10-21(13-16-8-6-14(2)7-9-16)19(23)17-12-20-15(3)11-18(17)22/h6-9,11-12H,4-5,10,13H2,1-3H3,(H,20,22). The number of carbonyl (C=O) groups is 1. The lowest BCUT2D eigenvalue weighted by molar-refractivity contribution is 0.0739. The summed E-state index contributed by atoms with van der Waals surface area (Å²) in [5.74, 6) is -0.208. The van der Waals surface area contributed by atoms with E-state index in [2.05, 4.69) is 11.9 Å². The number of benzene rings is 1. The predicted octanol–water partition coefficient (Wildman–Crippen LogP) is 3.43. The molecule has 0 atom stereocenters. The lowest BCUT2D eigenvalue weighted by Gasteiger charge is -2.22. The molecule has 0 spiro atoms. The van der Waals surface area contributed by atoms with E-state index in [-0.39, 0.29) is 16.9 Å². The number of pyridine rings is 1. The number of nitrogens with one attached hydrogen (secondary N) is 1. The smallest absolute Gasteiger partial charge is 0.259 e. The average molecular weight is 312 g/mol. The first-order valence-corrected chi connectivity index (χ1v) is 8.05. The third-order valence-electron chi connectivity index (χ3n) is 3.85. The zero-order valence-electron chi connectivity index (χ0n) is 14.1. The van der Waals surface area contributed by atoms with Gasteiger partial charge in [-0.3, -0.25) is 9.59 Å². The molecule has 122 valence electrons. The Kier molecular flexibility index (Phi) is 5.74. The summed E-state index contributed by atoms with van der Waals surface area (Å²) in [6.07, 6.45) is 3.44. The zero-order valence-corrected chi connectivity index (χ0v) is 14.1. The molecule has 0 aliphatic carbocycles. The lowest BCUT2D eigenvalue weighted by atomic mass is 10.1. The van der Waals surface area contributed by atoms with Gasteiger partial charge in [0, 0.05) is 31.0 Å². The number of rotatable bonds is 6. The summed E-state index contributed by atoms with van der Waals surface area (Å²) in [6, 6.07) is 9.60. The molecule has 0 saturated carbocycles. The number of carbonyl (C=O) groups excluding carboxylic acids is 1. The molecule has 1 heterocycles. The van der Waals surface area contributed by atoms with E-state index >= 15 is 0 Å². The first-order chi connectivity index (χ1) is 11.0. The third kappa shape index (κ3) is 4.55. The highest BCUT2D eigenvalue weighted by Crippen LogP contribution is 2.11. The number of amides is 1. The highest BCUT2D eigenvalue weighted by atomic mass is 16.2. The van der Waals surface area contributed by atoms with Crippen molar-refractivity contribution in [3.8, 4) is 0 Å². The van der Waals surface area contributed by atoms with Crippen LogP contribution in [-0.2, 0) is 6.54 Å². The monoisotopic (exact) mass is 312 g/mol. The van der Waals surface area contributed by atoms with Gasteiger partial charge in [-0.25, -0.2) is 0 Å². The summed E-state index contributed by atoms with van der Waals surface area (Å²) in [5, 5.41) is 0. The molecule has 4 nitrogen and oxygen atoms in total. The maximum Gasteiger partial charge on any atom is 0.259 e. The maximum absolute atomic E-state index is 12.8. The van der Waals surface area contributed by atoms with Gasteiger partial charge < -0.3 is 9.88 Å². The molecular weight excluding hydrogens is 288 g/mol. The fourth-order valence-electron chi connectivity index (χ4n) is 2.43. The van der Waals surface area contributed by atoms with Crippen molar-refractivity contribution in [2.75, 3.05) is 6.54 Å². The van der Waals surface area contributed by atoms with Crippen molar-refractivity contribution in [1.29, 1.82) is 0 Å². The Morgan fingerprint density at radius 1 is 1.17 bits per heavy atom. The van der Waals surface area contributed by atoms with Gasteiger partial charge in [0.2, 0.25) is 0 Å². The van der Waals surface area contributed by atoms with E-state index in [9.17, 15) is 9.59 Å². The second-order valence-corrected chi connectivity index (χ2v) is 5.96. The van der Waals surface area contributed by atoms with E-state index in [1.165, 1.54) is 17.8 Å². The van der Waals surface area contributed by atoms with Gasteiger partial charge in [-0.15, -0.1) is 0 Å². The number of aromatic amines is 1. The number of hydrogen-bond donors (Lipinski definition) is 1. The second kappa shape index (κ2) is 7.77. The molecule has 0 fully saturated rings. The Morgan fingerprint density at radius 3 is 2.48 bits per heavy atom. The number of nitrogens with zero attached hydrogens (tertiary/aromatic N) is 1.